The van der Waals surface area contributed by atoms with Gasteiger partial charge in [-0.25, -0.2) is 0 Å². The summed E-state index contributed by atoms with van der Waals surface area (Å²) in [6.07, 6.45) is 4.33. The van der Waals surface area contributed by atoms with E-state index in [4.69, 9.17) is 15.7 Å². The highest BCUT2D eigenvalue weighted by molar-refractivity contribution is 5.76. The van der Waals surface area contributed by atoms with Crippen molar-refractivity contribution in [1.29, 1.82) is 0 Å². The van der Waals surface area contributed by atoms with E-state index in [9.17, 15) is 4.79 Å². The number of rotatable bonds is 8. The normalized spacial score (nSPS) is 18.0. The van der Waals surface area contributed by atoms with Gasteiger partial charge in [-0.3, -0.25) is 13.9 Å². The number of hydrogen-bond donors (Lipinski definition) is 2. The first-order valence-electron chi connectivity index (χ1n) is 13.0. The summed E-state index contributed by atoms with van der Waals surface area (Å²) in [5.41, 5.74) is 9.62. The van der Waals surface area contributed by atoms with E-state index in [1.807, 2.05) is 41.0 Å². The summed E-state index contributed by atoms with van der Waals surface area (Å²) < 4.78 is 3.89. The van der Waals surface area contributed by atoms with Gasteiger partial charge in [-0.15, -0.1) is 0 Å². The molecule has 1 saturated carbocycles. The van der Waals surface area contributed by atoms with Gasteiger partial charge >= 0.3 is 0 Å². The van der Waals surface area contributed by atoms with Gasteiger partial charge in [0.05, 0.1) is 6.54 Å². The Morgan fingerprint density at radius 2 is 1.64 bits per heavy atom. The molecule has 8 nitrogen and oxygen atoms in total. The minimum Gasteiger partial charge on any atom is -0.351 e. The molecule has 1 atom stereocenters. The molecule has 1 aliphatic carbocycles. The topological polar surface area (TPSA) is 94.0 Å². The van der Waals surface area contributed by atoms with Crippen LogP contribution in [0.1, 0.15) is 36.8 Å². The Bertz CT molecular complexity index is 1390. The summed E-state index contributed by atoms with van der Waals surface area (Å²) in [6.45, 7) is 3.45. The molecule has 3 heterocycles. The lowest BCUT2D eigenvalue weighted by Crippen LogP contribution is -2.44. The summed E-state index contributed by atoms with van der Waals surface area (Å²) in [5.74, 6) is 1.91. The molecule has 2 fully saturated rings. The lowest BCUT2D eigenvalue weighted by Gasteiger charge is -2.31. The van der Waals surface area contributed by atoms with Gasteiger partial charge in [0.25, 0.3) is 5.56 Å². The Hall–Kier alpha value is -3.65. The van der Waals surface area contributed by atoms with Gasteiger partial charge < -0.3 is 16.0 Å². The molecule has 4 aromatic rings. The third-order valence-electron chi connectivity index (χ3n) is 7.20. The number of aromatic nitrogens is 4. The molecule has 1 aliphatic heterocycles. The number of anilines is 2. The third-order valence-corrected chi connectivity index (χ3v) is 7.20. The van der Waals surface area contributed by atoms with E-state index >= 15 is 0 Å². The molecule has 186 valence electrons. The molecule has 6 rings (SSSR count). The zero-order chi connectivity index (χ0) is 24.5. The number of nitrogens with zero attached hydrogens (tertiary/aromatic N) is 5. The van der Waals surface area contributed by atoms with Gasteiger partial charge in [0.1, 0.15) is 0 Å². The van der Waals surface area contributed by atoms with Crippen LogP contribution in [-0.4, -0.2) is 38.2 Å². The first kappa shape index (κ1) is 22.8. The van der Waals surface area contributed by atoms with Crippen LogP contribution in [0.15, 0.2) is 65.5 Å². The number of hydrogen-bond acceptors (Lipinski definition) is 6. The fourth-order valence-corrected chi connectivity index (χ4v) is 5.09. The smallest absolute Gasteiger partial charge is 0.281 e. The van der Waals surface area contributed by atoms with Crippen molar-refractivity contribution >= 4 is 23.1 Å². The maximum atomic E-state index is 14.1. The number of piperidine rings is 1. The average molecular weight is 484 g/mol. The zero-order valence-corrected chi connectivity index (χ0v) is 20.5. The van der Waals surface area contributed by atoms with Crippen LogP contribution in [0.2, 0.25) is 0 Å². The maximum absolute atomic E-state index is 14.1. The van der Waals surface area contributed by atoms with Crippen molar-refractivity contribution in [1.82, 2.24) is 19.1 Å². The Labute approximate surface area is 210 Å². The molecule has 2 aromatic carbocycles. The summed E-state index contributed by atoms with van der Waals surface area (Å²) >= 11 is 0. The Morgan fingerprint density at radius 1 is 0.917 bits per heavy atom. The molecular weight excluding hydrogens is 450 g/mol. The Morgan fingerprint density at radius 3 is 2.33 bits per heavy atom. The van der Waals surface area contributed by atoms with Gasteiger partial charge in [0.15, 0.2) is 11.2 Å². The van der Waals surface area contributed by atoms with Gasteiger partial charge in [-0.1, -0.05) is 60.7 Å². The minimum absolute atomic E-state index is 0.0292. The van der Waals surface area contributed by atoms with Crippen LogP contribution >= 0.6 is 0 Å². The van der Waals surface area contributed by atoms with E-state index in [1.54, 1.807) is 0 Å². The number of fused-ring (bicyclic) bond motifs is 1. The van der Waals surface area contributed by atoms with Crippen molar-refractivity contribution in [3.63, 3.8) is 0 Å². The number of nitrogens with one attached hydrogen (secondary N) is 1. The second-order valence-corrected chi connectivity index (χ2v) is 10.1. The van der Waals surface area contributed by atoms with Crippen molar-refractivity contribution in [2.24, 2.45) is 11.7 Å². The van der Waals surface area contributed by atoms with Crippen LogP contribution in [0.4, 0.5) is 11.9 Å². The van der Waals surface area contributed by atoms with Crippen LogP contribution in [-0.2, 0) is 19.6 Å². The van der Waals surface area contributed by atoms with Crippen LogP contribution in [0.3, 0.4) is 0 Å². The van der Waals surface area contributed by atoms with E-state index in [0.29, 0.717) is 42.7 Å². The predicted octanol–water partition coefficient (Wildman–Crippen LogP) is 3.59. The Kier molecular flexibility index (Phi) is 6.19. The molecule has 1 unspecified atom stereocenters. The van der Waals surface area contributed by atoms with E-state index in [0.717, 1.165) is 55.8 Å². The van der Waals surface area contributed by atoms with Gasteiger partial charge in [0, 0.05) is 32.2 Å². The Balaban J connectivity index is 1.46. The summed E-state index contributed by atoms with van der Waals surface area (Å²) in [7, 11) is 0. The molecule has 0 amide bonds. The highest BCUT2D eigenvalue weighted by Gasteiger charge is 2.28. The van der Waals surface area contributed by atoms with E-state index in [2.05, 4.69) is 39.0 Å². The van der Waals surface area contributed by atoms with Crippen molar-refractivity contribution in [3.05, 3.63) is 82.1 Å². The van der Waals surface area contributed by atoms with Gasteiger partial charge in [0.2, 0.25) is 11.9 Å². The molecule has 1 saturated heterocycles. The third kappa shape index (κ3) is 4.73. The lowest BCUT2D eigenvalue weighted by atomic mass is 10.1. The molecule has 0 radical (unpaired) electrons. The fraction of sp³-hybridized carbons (Fsp3) is 0.393. The number of imidazole rings is 1. The van der Waals surface area contributed by atoms with E-state index in [1.165, 1.54) is 0 Å². The molecule has 36 heavy (non-hydrogen) atoms. The zero-order valence-electron chi connectivity index (χ0n) is 20.5. The molecular formula is C28H33N7O. The molecule has 8 heteroatoms. The highest BCUT2D eigenvalue weighted by atomic mass is 16.1. The highest BCUT2D eigenvalue weighted by Crippen LogP contribution is 2.32. The number of nitrogens with two attached hydrogens (primary N) is 1. The quantitative estimate of drug-likeness (QED) is 0.398. The molecule has 3 N–H and O–H groups in total. The predicted molar refractivity (Wildman–Crippen MR) is 143 cm³/mol. The standard InChI is InChI=1S/C28H33N7O/c29-23-12-7-15-33(19-23)28-32-25-24(34(28)17-21-10-5-2-6-11-21)26(36)35(18-22-13-14-22)27(31-25)30-16-20-8-3-1-4-9-20/h1-6,8-11,22-23H,7,12-19,29H2,(H,30,31). The molecule has 0 spiro atoms. The minimum atomic E-state index is -0.0292. The molecule has 2 aromatic heterocycles. The van der Waals surface area contributed by atoms with Gasteiger partial charge in [-0.05, 0) is 42.7 Å². The monoisotopic (exact) mass is 483 g/mol. The van der Waals surface area contributed by atoms with Crippen molar-refractivity contribution < 1.29 is 0 Å². The summed E-state index contributed by atoms with van der Waals surface area (Å²) in [5, 5.41) is 3.43. The molecule has 0 bridgehead atoms. The fourth-order valence-electron chi connectivity index (χ4n) is 5.09. The second-order valence-electron chi connectivity index (χ2n) is 10.1. The largest absolute Gasteiger partial charge is 0.351 e. The first-order chi connectivity index (χ1) is 17.7. The first-order valence-corrected chi connectivity index (χ1v) is 13.0. The van der Waals surface area contributed by atoms with E-state index in [-0.39, 0.29) is 11.6 Å². The van der Waals surface area contributed by atoms with Crippen LogP contribution in [0.5, 0.6) is 0 Å². The van der Waals surface area contributed by atoms with E-state index < -0.39 is 0 Å². The maximum Gasteiger partial charge on any atom is 0.281 e. The SMILES string of the molecule is NC1CCCN(c2nc3nc(NCc4ccccc4)n(CC4CC4)c(=O)c3n2Cc2ccccc2)C1. The summed E-state index contributed by atoms with van der Waals surface area (Å²) in [4.78, 5) is 26.2. The lowest BCUT2D eigenvalue weighted by molar-refractivity contribution is 0.495. The van der Waals surface area contributed by atoms with Crippen molar-refractivity contribution in [3.8, 4) is 0 Å². The van der Waals surface area contributed by atoms with Gasteiger partial charge in [-0.2, -0.15) is 9.97 Å². The van der Waals surface area contributed by atoms with Crippen LogP contribution < -0.4 is 21.5 Å². The van der Waals surface area contributed by atoms with Crippen LogP contribution in [0.25, 0.3) is 11.2 Å². The molecule has 2 aliphatic rings. The summed E-state index contributed by atoms with van der Waals surface area (Å²) in [6, 6.07) is 20.5. The average Bonchev–Trinajstić information content (AvgIpc) is 3.65. The van der Waals surface area contributed by atoms with Crippen LogP contribution in [0, 0.1) is 5.92 Å². The van der Waals surface area contributed by atoms with Crippen molar-refractivity contribution in [2.75, 3.05) is 23.3 Å². The van der Waals surface area contributed by atoms with Crippen molar-refractivity contribution in [2.45, 2.75) is 51.4 Å². The second kappa shape index (κ2) is 9.78. The number of benzene rings is 2.